The lowest BCUT2D eigenvalue weighted by atomic mass is 10.1. The molecule has 0 aliphatic heterocycles. The Bertz CT molecular complexity index is 233. The van der Waals surface area contributed by atoms with E-state index >= 15 is 0 Å². The molecule has 0 radical (unpaired) electrons. The first-order chi connectivity index (χ1) is 8.17. The summed E-state index contributed by atoms with van der Waals surface area (Å²) in [6.45, 7) is 2.30. The van der Waals surface area contributed by atoms with Crippen LogP contribution in [0.4, 0.5) is 4.79 Å². The van der Waals surface area contributed by atoms with Crippen molar-refractivity contribution in [3.8, 4) is 0 Å². The molecule has 1 saturated carbocycles. The van der Waals surface area contributed by atoms with E-state index in [2.05, 4.69) is 17.6 Å². The lowest BCUT2D eigenvalue weighted by Crippen LogP contribution is -2.48. The van der Waals surface area contributed by atoms with Crippen molar-refractivity contribution in [3.63, 3.8) is 0 Å². The molecule has 0 heterocycles. The maximum atomic E-state index is 11.8. The van der Waals surface area contributed by atoms with E-state index in [1.54, 1.807) is 11.8 Å². The Hall–Kier alpha value is -0.420. The predicted octanol–water partition coefficient (Wildman–Crippen LogP) is 1.59. The van der Waals surface area contributed by atoms with Crippen molar-refractivity contribution in [3.05, 3.63) is 0 Å². The van der Waals surface area contributed by atoms with Gasteiger partial charge in [0.2, 0.25) is 0 Å². The van der Waals surface area contributed by atoms with Crippen LogP contribution in [0.1, 0.15) is 32.6 Å². The van der Waals surface area contributed by atoms with Crippen LogP contribution in [-0.2, 0) is 0 Å². The summed E-state index contributed by atoms with van der Waals surface area (Å²) in [5, 5.41) is 14.9. The zero-order valence-corrected chi connectivity index (χ0v) is 11.6. The smallest absolute Gasteiger partial charge is 0.315 e. The Balaban J connectivity index is 2.30. The molecule has 3 unspecified atom stereocenters. The van der Waals surface area contributed by atoms with Gasteiger partial charge < -0.3 is 15.7 Å². The molecule has 0 aromatic heterocycles. The summed E-state index contributed by atoms with van der Waals surface area (Å²) in [4.78, 5) is 11.8. The van der Waals surface area contributed by atoms with Gasteiger partial charge in [0.15, 0.2) is 0 Å². The topological polar surface area (TPSA) is 61.4 Å². The first-order valence-corrected chi connectivity index (χ1v) is 7.73. The molecule has 3 N–H and O–H groups in total. The van der Waals surface area contributed by atoms with Crippen LogP contribution < -0.4 is 10.6 Å². The average molecular weight is 260 g/mol. The molecule has 1 fully saturated rings. The van der Waals surface area contributed by atoms with Gasteiger partial charge >= 0.3 is 6.03 Å². The number of hydrogen-bond acceptors (Lipinski definition) is 3. The number of aliphatic hydroxyl groups excluding tert-OH is 1. The van der Waals surface area contributed by atoms with Crippen molar-refractivity contribution in [1.29, 1.82) is 0 Å². The third-order valence-corrected chi connectivity index (χ3v) is 4.09. The van der Waals surface area contributed by atoms with Crippen LogP contribution in [0.5, 0.6) is 0 Å². The lowest BCUT2D eigenvalue weighted by molar-refractivity contribution is 0.225. The zero-order chi connectivity index (χ0) is 12.7. The summed E-state index contributed by atoms with van der Waals surface area (Å²) >= 11 is 1.68. The van der Waals surface area contributed by atoms with Gasteiger partial charge in [0.25, 0.3) is 0 Å². The Kier molecular flexibility index (Phi) is 6.73. The molecular weight excluding hydrogens is 236 g/mol. The van der Waals surface area contributed by atoms with E-state index in [0.29, 0.717) is 18.4 Å². The number of urea groups is 1. The molecule has 1 aliphatic rings. The fourth-order valence-corrected chi connectivity index (χ4v) is 2.96. The standard InChI is InChI=1S/C12H24N2O2S/c1-9-4-3-5-11(9)14-12(16)13-10(6-7-15)8-17-2/h9-11,15H,3-8H2,1-2H3,(H2,13,14,16). The van der Waals surface area contributed by atoms with E-state index in [0.717, 1.165) is 12.2 Å². The molecule has 0 spiro atoms. The van der Waals surface area contributed by atoms with Crippen molar-refractivity contribution in [1.82, 2.24) is 10.6 Å². The molecule has 0 saturated heterocycles. The van der Waals surface area contributed by atoms with E-state index in [1.165, 1.54) is 12.8 Å². The van der Waals surface area contributed by atoms with Crippen molar-refractivity contribution < 1.29 is 9.90 Å². The van der Waals surface area contributed by atoms with Crippen molar-refractivity contribution in [2.45, 2.75) is 44.7 Å². The van der Waals surface area contributed by atoms with Gasteiger partial charge in [0.05, 0.1) is 0 Å². The minimum absolute atomic E-state index is 0.0618. The number of hydrogen-bond donors (Lipinski definition) is 3. The summed E-state index contributed by atoms with van der Waals surface area (Å²) in [7, 11) is 0. The monoisotopic (exact) mass is 260 g/mol. The highest BCUT2D eigenvalue weighted by Crippen LogP contribution is 2.24. The van der Waals surface area contributed by atoms with E-state index in [-0.39, 0.29) is 18.7 Å². The van der Waals surface area contributed by atoms with Crippen LogP contribution in [-0.4, -0.2) is 41.8 Å². The highest BCUT2D eigenvalue weighted by molar-refractivity contribution is 7.98. The second-order valence-corrected chi connectivity index (χ2v) is 5.71. The maximum absolute atomic E-state index is 11.8. The molecule has 5 heteroatoms. The highest BCUT2D eigenvalue weighted by Gasteiger charge is 2.25. The van der Waals surface area contributed by atoms with E-state index in [4.69, 9.17) is 5.11 Å². The summed E-state index contributed by atoms with van der Waals surface area (Å²) in [6, 6.07) is 0.294. The number of nitrogens with one attached hydrogen (secondary N) is 2. The van der Waals surface area contributed by atoms with Gasteiger partial charge in [-0.15, -0.1) is 0 Å². The molecule has 0 aromatic carbocycles. The van der Waals surface area contributed by atoms with Crippen LogP contribution in [0.2, 0.25) is 0 Å². The summed E-state index contributed by atoms with van der Waals surface area (Å²) in [6.07, 6.45) is 6.12. The predicted molar refractivity (Wildman–Crippen MR) is 72.3 cm³/mol. The van der Waals surface area contributed by atoms with Crippen LogP contribution in [0.15, 0.2) is 0 Å². The quantitative estimate of drug-likeness (QED) is 0.679. The largest absolute Gasteiger partial charge is 0.396 e. The first-order valence-electron chi connectivity index (χ1n) is 6.34. The minimum atomic E-state index is -0.0868. The fourth-order valence-electron chi connectivity index (χ4n) is 2.31. The summed E-state index contributed by atoms with van der Waals surface area (Å²) in [5.74, 6) is 1.42. The highest BCUT2D eigenvalue weighted by atomic mass is 32.2. The average Bonchev–Trinajstić information content (AvgIpc) is 2.65. The van der Waals surface area contributed by atoms with E-state index < -0.39 is 0 Å². The minimum Gasteiger partial charge on any atom is -0.396 e. The molecule has 3 atom stereocenters. The van der Waals surface area contributed by atoms with Gasteiger partial charge in [0.1, 0.15) is 0 Å². The number of carbonyl (C=O) groups excluding carboxylic acids is 1. The lowest BCUT2D eigenvalue weighted by Gasteiger charge is -2.21. The third kappa shape index (κ3) is 5.17. The Morgan fingerprint density at radius 2 is 2.29 bits per heavy atom. The zero-order valence-electron chi connectivity index (χ0n) is 10.7. The van der Waals surface area contributed by atoms with Crippen LogP contribution >= 0.6 is 11.8 Å². The molecule has 17 heavy (non-hydrogen) atoms. The molecule has 1 aliphatic carbocycles. The van der Waals surface area contributed by atoms with Crippen LogP contribution in [0.3, 0.4) is 0 Å². The number of amides is 2. The van der Waals surface area contributed by atoms with Gasteiger partial charge in [-0.3, -0.25) is 0 Å². The van der Waals surface area contributed by atoms with E-state index in [9.17, 15) is 4.79 Å². The van der Waals surface area contributed by atoms with Crippen molar-refractivity contribution >= 4 is 17.8 Å². The summed E-state index contributed by atoms with van der Waals surface area (Å²) < 4.78 is 0. The molecule has 0 aromatic rings. The molecule has 2 amide bonds. The third-order valence-electron chi connectivity index (χ3n) is 3.36. The SMILES string of the molecule is CSCC(CCO)NC(=O)NC1CCCC1C. The maximum Gasteiger partial charge on any atom is 0.315 e. The normalized spacial score (nSPS) is 25.6. The van der Waals surface area contributed by atoms with E-state index in [1.807, 2.05) is 6.26 Å². The fraction of sp³-hybridized carbons (Fsp3) is 0.917. The molecule has 4 nitrogen and oxygen atoms in total. The molecule has 0 bridgehead atoms. The van der Waals surface area contributed by atoms with Crippen LogP contribution in [0, 0.1) is 5.92 Å². The number of thioether (sulfide) groups is 1. The van der Waals surface area contributed by atoms with Crippen molar-refractivity contribution in [2.75, 3.05) is 18.6 Å². The second-order valence-electron chi connectivity index (χ2n) is 4.80. The van der Waals surface area contributed by atoms with Gasteiger partial charge in [-0.1, -0.05) is 13.3 Å². The second kappa shape index (κ2) is 7.82. The summed E-state index contributed by atoms with van der Waals surface area (Å²) in [5.41, 5.74) is 0. The van der Waals surface area contributed by atoms with Gasteiger partial charge in [-0.2, -0.15) is 11.8 Å². The first kappa shape index (κ1) is 14.6. The Labute approximate surface area is 108 Å². The Morgan fingerprint density at radius 3 is 2.82 bits per heavy atom. The van der Waals surface area contributed by atoms with Gasteiger partial charge in [-0.05, 0) is 31.4 Å². The van der Waals surface area contributed by atoms with Crippen LogP contribution in [0.25, 0.3) is 0 Å². The Morgan fingerprint density at radius 1 is 1.53 bits per heavy atom. The number of rotatable bonds is 6. The molecule has 1 rings (SSSR count). The number of carbonyl (C=O) groups is 1. The molecular formula is C12H24N2O2S. The van der Waals surface area contributed by atoms with Gasteiger partial charge in [-0.25, -0.2) is 4.79 Å². The van der Waals surface area contributed by atoms with Gasteiger partial charge in [0, 0.05) is 24.4 Å². The van der Waals surface area contributed by atoms with Crippen molar-refractivity contribution in [2.24, 2.45) is 5.92 Å². The molecule has 100 valence electrons. The number of aliphatic hydroxyl groups is 1.